The van der Waals surface area contributed by atoms with Crippen LogP contribution in [-0.4, -0.2) is 183 Å². The first-order valence-electron chi connectivity index (χ1n) is 16.4. The van der Waals surface area contributed by atoms with Crippen molar-refractivity contribution in [3.63, 3.8) is 0 Å². The second-order valence-corrected chi connectivity index (χ2v) is 13.3. The Balaban J connectivity index is 2.28. The molecule has 2 fully saturated rings. The molecular weight excluding hydrogens is 718 g/mol. The van der Waals surface area contributed by atoms with Crippen molar-refractivity contribution in [2.75, 3.05) is 26.9 Å². The molecule has 2 aliphatic rings. The van der Waals surface area contributed by atoms with Crippen LogP contribution < -0.4 is 26.6 Å². The number of ether oxygens (including phenoxy) is 5. The molecule has 2 aliphatic heterocycles. The van der Waals surface area contributed by atoms with Crippen molar-refractivity contribution < 1.29 is 88.2 Å². The van der Waals surface area contributed by atoms with Crippen molar-refractivity contribution in [3.8, 4) is 0 Å². The fourth-order valence-corrected chi connectivity index (χ4v) is 5.18. The third-order valence-electron chi connectivity index (χ3n) is 7.85. The lowest BCUT2D eigenvalue weighted by molar-refractivity contribution is -0.336. The normalized spacial score (nSPS) is 30.4. The molecule has 0 aromatic carbocycles. The zero-order chi connectivity index (χ0) is 40.4. The summed E-state index contributed by atoms with van der Waals surface area (Å²) in [6, 6.07) is -6.13. The van der Waals surface area contributed by atoms with Crippen molar-refractivity contribution in [1.29, 1.82) is 0 Å². The van der Waals surface area contributed by atoms with E-state index in [4.69, 9.17) is 18.9 Å². The SMILES string of the molecule is COC(=O)[C@H](CO)NC(=O)[C@H](C)NC(=O)[C@H](CC(=O)N[C@@H]1O[C@H](CO)[C@@H](O[C@@H]2O[C@H](CO)[C@H](O)[C@H](O)[C@H]2O)[C@H](O)[C@H]1NC(C)=O)NC(=O)OC(C)(C)C. The molecule has 13 atom stereocenters. The van der Waals surface area contributed by atoms with Crippen LogP contribution in [-0.2, 0) is 47.7 Å². The largest absolute Gasteiger partial charge is 0.467 e. The second kappa shape index (κ2) is 20.1. The van der Waals surface area contributed by atoms with Crippen molar-refractivity contribution in [2.45, 2.75) is 126 Å². The molecule has 0 spiro atoms. The maximum Gasteiger partial charge on any atom is 0.408 e. The maximum atomic E-state index is 13.4. The van der Waals surface area contributed by atoms with E-state index in [1.54, 1.807) is 0 Å². The topological polar surface area (TPSA) is 350 Å². The third kappa shape index (κ3) is 12.9. The van der Waals surface area contributed by atoms with E-state index < -0.39 is 147 Å². The fraction of sp³-hybridized carbons (Fsp3) is 0.800. The van der Waals surface area contributed by atoms with Gasteiger partial charge in [0.25, 0.3) is 0 Å². The molecule has 2 rings (SSSR count). The number of rotatable bonds is 15. The Hall–Kier alpha value is -3.78. The van der Waals surface area contributed by atoms with Crippen molar-refractivity contribution in [1.82, 2.24) is 26.6 Å². The summed E-state index contributed by atoms with van der Waals surface area (Å²) in [6.45, 7) is 4.34. The number of nitrogens with one attached hydrogen (secondary N) is 5. The second-order valence-electron chi connectivity index (χ2n) is 13.3. The minimum atomic E-state index is -1.91. The van der Waals surface area contributed by atoms with Crippen LogP contribution in [0.2, 0.25) is 0 Å². The van der Waals surface area contributed by atoms with Crippen LogP contribution in [0, 0.1) is 0 Å². The van der Waals surface area contributed by atoms with E-state index >= 15 is 0 Å². The van der Waals surface area contributed by atoms with Gasteiger partial charge in [0, 0.05) is 6.92 Å². The van der Waals surface area contributed by atoms with E-state index in [0.29, 0.717) is 0 Å². The molecular formula is C30H51N5O18. The molecule has 2 heterocycles. The van der Waals surface area contributed by atoms with Crippen molar-refractivity contribution in [3.05, 3.63) is 0 Å². The molecule has 0 aromatic rings. The number of methoxy groups -OCH3 is 1. The number of alkyl carbamates (subject to hydrolysis) is 1. The average Bonchev–Trinajstić information content (AvgIpc) is 3.07. The fourth-order valence-electron chi connectivity index (χ4n) is 5.18. The van der Waals surface area contributed by atoms with Gasteiger partial charge < -0.3 is 86.0 Å². The standard InChI is InChI=1S/C30H51N5O18/c1-11(24(45)33-14(8-36)27(47)49-6)31-25(46)13(34-29(48)53-30(3,4)5)7-17(40)35-26-18(32-12(2)39)20(42)23(16(10-38)50-26)52-28-22(44)21(43)19(41)15(9-37)51-28/h11,13-16,18-23,26,28,36-38,41-44H,7-10H2,1-6H3,(H,31,46)(H,32,39)(H,33,45)(H,34,48)(H,35,40)/t11-,13-,14-,15+,16+,18+,19-,20+,21-,22+,23+,26+,28-/m0/s1. The van der Waals surface area contributed by atoms with Crippen LogP contribution in [0.15, 0.2) is 0 Å². The zero-order valence-corrected chi connectivity index (χ0v) is 30.0. The molecule has 23 nitrogen and oxygen atoms in total. The number of aliphatic hydroxyl groups excluding tert-OH is 7. The van der Waals surface area contributed by atoms with Crippen LogP contribution in [0.4, 0.5) is 4.79 Å². The number of carbonyl (C=O) groups is 6. The summed E-state index contributed by atoms with van der Waals surface area (Å²) in [4.78, 5) is 75.8. The van der Waals surface area contributed by atoms with Crippen LogP contribution in [0.5, 0.6) is 0 Å². The lowest BCUT2D eigenvalue weighted by atomic mass is 9.94. The third-order valence-corrected chi connectivity index (χ3v) is 7.85. The number of carbonyl (C=O) groups excluding carboxylic acids is 6. The highest BCUT2D eigenvalue weighted by Gasteiger charge is 2.51. The number of aliphatic hydroxyl groups is 7. The number of hydrogen-bond acceptors (Lipinski definition) is 18. The average molecular weight is 770 g/mol. The number of esters is 1. The van der Waals surface area contributed by atoms with Gasteiger partial charge in [-0.3, -0.25) is 19.2 Å². The summed E-state index contributed by atoms with van der Waals surface area (Å²) >= 11 is 0. The summed E-state index contributed by atoms with van der Waals surface area (Å²) in [5, 5.41) is 82.3. The number of amides is 5. The van der Waals surface area contributed by atoms with E-state index in [9.17, 15) is 64.5 Å². The van der Waals surface area contributed by atoms with E-state index in [0.717, 1.165) is 14.0 Å². The van der Waals surface area contributed by atoms with E-state index in [2.05, 4.69) is 31.3 Å². The molecule has 5 amide bonds. The van der Waals surface area contributed by atoms with Gasteiger partial charge in [0.15, 0.2) is 18.6 Å². The first-order valence-corrected chi connectivity index (χ1v) is 16.4. The molecule has 0 aromatic heterocycles. The number of hydrogen-bond donors (Lipinski definition) is 12. The predicted octanol–water partition coefficient (Wildman–Crippen LogP) is -6.69. The highest BCUT2D eigenvalue weighted by Crippen LogP contribution is 2.29. The zero-order valence-electron chi connectivity index (χ0n) is 30.0. The molecule has 53 heavy (non-hydrogen) atoms. The molecule has 12 N–H and O–H groups in total. The highest BCUT2D eigenvalue weighted by molar-refractivity contribution is 5.95. The summed E-state index contributed by atoms with van der Waals surface area (Å²) in [5.41, 5.74) is -1.04. The maximum absolute atomic E-state index is 13.4. The Kier molecular flexibility index (Phi) is 17.2. The molecule has 0 unspecified atom stereocenters. The highest BCUT2D eigenvalue weighted by atomic mass is 16.7. The molecule has 23 heteroatoms. The Labute approximate surface area is 303 Å². The monoisotopic (exact) mass is 769 g/mol. The molecule has 0 radical (unpaired) electrons. The van der Waals surface area contributed by atoms with Crippen LogP contribution in [0.1, 0.15) is 41.0 Å². The van der Waals surface area contributed by atoms with E-state index in [1.165, 1.54) is 27.7 Å². The van der Waals surface area contributed by atoms with Crippen LogP contribution in [0.3, 0.4) is 0 Å². The molecule has 0 aliphatic carbocycles. The van der Waals surface area contributed by atoms with Gasteiger partial charge in [-0.05, 0) is 27.7 Å². The molecule has 304 valence electrons. The molecule has 0 saturated carbocycles. The molecule has 0 bridgehead atoms. The smallest absolute Gasteiger partial charge is 0.408 e. The van der Waals surface area contributed by atoms with Gasteiger partial charge in [-0.15, -0.1) is 0 Å². The summed E-state index contributed by atoms with van der Waals surface area (Å²) in [7, 11) is 1.03. The summed E-state index contributed by atoms with van der Waals surface area (Å²) in [6.07, 6.45) is -17.3. The van der Waals surface area contributed by atoms with E-state index in [-0.39, 0.29) is 0 Å². The lowest BCUT2D eigenvalue weighted by Crippen LogP contribution is -2.70. The predicted molar refractivity (Wildman–Crippen MR) is 173 cm³/mol. The Morgan fingerprint density at radius 1 is 0.774 bits per heavy atom. The summed E-state index contributed by atoms with van der Waals surface area (Å²) < 4.78 is 26.3. The van der Waals surface area contributed by atoms with Gasteiger partial charge in [-0.1, -0.05) is 0 Å². The Morgan fingerprint density at radius 2 is 1.40 bits per heavy atom. The van der Waals surface area contributed by atoms with Gasteiger partial charge in [-0.2, -0.15) is 0 Å². The van der Waals surface area contributed by atoms with Crippen molar-refractivity contribution >= 4 is 35.7 Å². The van der Waals surface area contributed by atoms with Crippen LogP contribution >= 0.6 is 0 Å². The minimum Gasteiger partial charge on any atom is -0.467 e. The van der Waals surface area contributed by atoms with Gasteiger partial charge in [0.1, 0.15) is 66.5 Å². The van der Waals surface area contributed by atoms with Gasteiger partial charge in [-0.25, -0.2) is 9.59 Å². The van der Waals surface area contributed by atoms with Gasteiger partial charge in [0.2, 0.25) is 23.6 Å². The quantitative estimate of drug-likeness (QED) is 0.0689. The minimum absolute atomic E-state index is 0.738. The van der Waals surface area contributed by atoms with Crippen molar-refractivity contribution in [2.24, 2.45) is 0 Å². The lowest BCUT2D eigenvalue weighted by Gasteiger charge is -2.47. The first kappa shape index (κ1) is 45.4. The van der Waals surface area contributed by atoms with Crippen LogP contribution in [0.25, 0.3) is 0 Å². The summed E-state index contributed by atoms with van der Waals surface area (Å²) in [5.74, 6) is -4.78. The van der Waals surface area contributed by atoms with Gasteiger partial charge in [0.05, 0.1) is 33.4 Å². The van der Waals surface area contributed by atoms with Gasteiger partial charge >= 0.3 is 12.1 Å². The first-order chi connectivity index (χ1) is 24.7. The Bertz CT molecular complexity index is 1280. The Morgan fingerprint density at radius 3 is 1.92 bits per heavy atom. The van der Waals surface area contributed by atoms with E-state index in [1.807, 2.05) is 0 Å². The molecule has 2 saturated heterocycles.